The fourth-order valence-corrected chi connectivity index (χ4v) is 3.32. The number of H-pyrrole nitrogens is 1. The molecule has 1 heterocycles. The van der Waals surface area contributed by atoms with Gasteiger partial charge in [0, 0.05) is 24.6 Å². The van der Waals surface area contributed by atoms with Crippen LogP contribution in [0.15, 0.2) is 60.7 Å². The highest BCUT2D eigenvalue weighted by Crippen LogP contribution is 2.34. The summed E-state index contributed by atoms with van der Waals surface area (Å²) < 4.78 is 15.9. The first kappa shape index (κ1) is 21.1. The highest BCUT2D eigenvalue weighted by molar-refractivity contribution is 5.92. The summed E-state index contributed by atoms with van der Waals surface area (Å²) in [4.78, 5) is 10.4. The van der Waals surface area contributed by atoms with Gasteiger partial charge in [-0.2, -0.15) is 5.10 Å². The maximum absolute atomic E-state index is 10.8. The Hall–Kier alpha value is -4.17. The van der Waals surface area contributed by atoms with Gasteiger partial charge in [-0.3, -0.25) is 15.2 Å². The molecule has 3 aromatic carbocycles. The fraction of sp³-hybridized carbons (Fsp3) is 0.125. The largest absolute Gasteiger partial charge is 0.493 e. The molecule has 0 aliphatic heterocycles. The van der Waals surface area contributed by atoms with Crippen molar-refractivity contribution in [1.29, 1.82) is 0 Å². The maximum Gasteiger partial charge on any atom is 0.269 e. The lowest BCUT2D eigenvalue weighted by atomic mass is 10.0. The van der Waals surface area contributed by atoms with E-state index in [0.717, 1.165) is 33.3 Å². The summed E-state index contributed by atoms with van der Waals surface area (Å²) in [5.41, 5.74) is 4.58. The minimum atomic E-state index is -0.415. The minimum Gasteiger partial charge on any atom is -0.493 e. The summed E-state index contributed by atoms with van der Waals surface area (Å²) in [5, 5.41) is 19.2. The molecule has 1 aromatic heterocycles. The summed E-state index contributed by atoms with van der Waals surface area (Å²) in [5.74, 6) is 1.23. The second-order valence-electron chi connectivity index (χ2n) is 6.97. The zero-order chi connectivity index (χ0) is 22.5. The van der Waals surface area contributed by atoms with E-state index in [1.807, 2.05) is 48.6 Å². The van der Waals surface area contributed by atoms with E-state index >= 15 is 0 Å². The first-order valence-corrected chi connectivity index (χ1v) is 9.80. The molecule has 0 aliphatic rings. The quantitative estimate of drug-likeness (QED) is 0.231. The molecule has 4 rings (SSSR count). The van der Waals surface area contributed by atoms with Crippen LogP contribution >= 0.6 is 0 Å². The molecule has 32 heavy (non-hydrogen) atoms. The van der Waals surface area contributed by atoms with Gasteiger partial charge in [-0.05, 0) is 59.2 Å². The van der Waals surface area contributed by atoms with Crippen LogP contribution in [0.3, 0.4) is 0 Å². The van der Waals surface area contributed by atoms with Crippen LogP contribution in [0, 0.1) is 10.1 Å². The number of rotatable bonds is 8. The Morgan fingerprint density at radius 2 is 1.72 bits per heavy atom. The number of nitrogens with zero attached hydrogens (tertiary/aromatic N) is 2. The van der Waals surface area contributed by atoms with Gasteiger partial charge in [0.25, 0.3) is 5.69 Å². The van der Waals surface area contributed by atoms with Gasteiger partial charge in [-0.25, -0.2) is 0 Å². The van der Waals surface area contributed by atoms with Crippen molar-refractivity contribution in [3.05, 3.63) is 82.0 Å². The van der Waals surface area contributed by atoms with Crippen molar-refractivity contribution >= 4 is 28.7 Å². The summed E-state index contributed by atoms with van der Waals surface area (Å²) in [7, 11) is 3.16. The van der Waals surface area contributed by atoms with Crippen LogP contribution in [0.5, 0.6) is 11.5 Å². The fourth-order valence-electron chi connectivity index (χ4n) is 3.32. The van der Waals surface area contributed by atoms with E-state index in [2.05, 4.69) is 10.2 Å². The van der Waals surface area contributed by atoms with E-state index in [1.165, 1.54) is 12.1 Å². The number of hydrogen-bond acceptors (Lipinski definition) is 6. The third kappa shape index (κ3) is 4.45. The predicted octanol–water partition coefficient (Wildman–Crippen LogP) is 5.30. The Labute approximate surface area is 184 Å². The molecule has 0 fully saturated rings. The Bertz CT molecular complexity index is 1280. The van der Waals surface area contributed by atoms with Crippen LogP contribution in [0.4, 0.5) is 5.69 Å². The van der Waals surface area contributed by atoms with Crippen LogP contribution in [-0.4, -0.2) is 36.1 Å². The van der Waals surface area contributed by atoms with Crippen molar-refractivity contribution in [2.75, 3.05) is 21.0 Å². The molecule has 0 unspecified atom stereocenters. The minimum absolute atomic E-state index is 0.0646. The first-order chi connectivity index (χ1) is 15.6. The van der Waals surface area contributed by atoms with E-state index in [1.54, 1.807) is 26.4 Å². The van der Waals surface area contributed by atoms with Crippen LogP contribution in [-0.2, 0) is 4.74 Å². The van der Waals surface area contributed by atoms with E-state index < -0.39 is 4.92 Å². The zero-order valence-corrected chi connectivity index (χ0v) is 17.6. The number of aromatic nitrogens is 2. The molecule has 0 amide bonds. The number of methoxy groups -OCH3 is 2. The maximum atomic E-state index is 10.8. The summed E-state index contributed by atoms with van der Waals surface area (Å²) in [6.07, 6.45) is 3.75. The van der Waals surface area contributed by atoms with Gasteiger partial charge in [-0.15, -0.1) is 0 Å². The molecule has 162 valence electrons. The average Bonchev–Trinajstić information content (AvgIpc) is 3.23. The number of nitrogens with one attached hydrogen (secondary N) is 1. The van der Waals surface area contributed by atoms with Gasteiger partial charge in [0.2, 0.25) is 0 Å². The van der Waals surface area contributed by atoms with E-state index in [0.29, 0.717) is 11.5 Å². The molecule has 0 atom stereocenters. The molecule has 0 bridgehead atoms. The van der Waals surface area contributed by atoms with Crippen molar-refractivity contribution in [2.24, 2.45) is 0 Å². The average molecular weight is 431 g/mol. The molecule has 0 saturated heterocycles. The Morgan fingerprint density at radius 3 is 2.44 bits per heavy atom. The molecule has 0 saturated carbocycles. The van der Waals surface area contributed by atoms with Crippen molar-refractivity contribution < 1.29 is 19.1 Å². The number of nitro benzene ring substituents is 1. The standard InChI is InChI=1S/C24H21N3O5/c1-30-15-32-23-12-7-18(14-24(23)31-2)17-6-10-20-21(25-26-22(20)13-17)11-5-16-3-8-19(9-4-16)27(28)29/h3-14H,15H2,1-2H3,(H,25,26)/b11-5+. The number of nitro groups is 1. The van der Waals surface area contributed by atoms with Crippen molar-refractivity contribution in [1.82, 2.24) is 10.2 Å². The molecular formula is C24H21N3O5. The number of benzene rings is 3. The summed E-state index contributed by atoms with van der Waals surface area (Å²) in [6, 6.07) is 18.1. The molecular weight excluding hydrogens is 410 g/mol. The van der Waals surface area contributed by atoms with Gasteiger partial charge in [-0.1, -0.05) is 18.2 Å². The van der Waals surface area contributed by atoms with Gasteiger partial charge >= 0.3 is 0 Å². The predicted molar refractivity (Wildman–Crippen MR) is 123 cm³/mol. The second-order valence-corrected chi connectivity index (χ2v) is 6.97. The normalized spacial score (nSPS) is 11.2. The van der Waals surface area contributed by atoms with Crippen LogP contribution < -0.4 is 9.47 Å². The molecule has 0 radical (unpaired) electrons. The zero-order valence-electron chi connectivity index (χ0n) is 17.6. The van der Waals surface area contributed by atoms with E-state index in [9.17, 15) is 10.1 Å². The highest BCUT2D eigenvalue weighted by atomic mass is 16.7. The topological polar surface area (TPSA) is 99.5 Å². The molecule has 0 aliphatic carbocycles. The number of fused-ring (bicyclic) bond motifs is 1. The van der Waals surface area contributed by atoms with Crippen LogP contribution in [0.2, 0.25) is 0 Å². The van der Waals surface area contributed by atoms with Gasteiger partial charge in [0.15, 0.2) is 18.3 Å². The highest BCUT2D eigenvalue weighted by Gasteiger charge is 2.10. The number of non-ortho nitro benzene ring substituents is 1. The molecule has 8 heteroatoms. The molecule has 8 nitrogen and oxygen atoms in total. The lowest BCUT2D eigenvalue weighted by molar-refractivity contribution is -0.384. The molecule has 4 aromatic rings. The Balaban J connectivity index is 1.58. The van der Waals surface area contributed by atoms with Gasteiger partial charge in [0.1, 0.15) is 0 Å². The molecule has 1 N–H and O–H groups in total. The Kier molecular flexibility index (Phi) is 6.14. The number of aromatic amines is 1. The number of ether oxygens (including phenoxy) is 3. The van der Waals surface area contributed by atoms with Crippen molar-refractivity contribution in [2.45, 2.75) is 0 Å². The summed E-state index contributed by atoms with van der Waals surface area (Å²) in [6.45, 7) is 0.145. The lowest BCUT2D eigenvalue weighted by Gasteiger charge is -2.11. The lowest BCUT2D eigenvalue weighted by Crippen LogP contribution is -2.00. The first-order valence-electron chi connectivity index (χ1n) is 9.80. The van der Waals surface area contributed by atoms with E-state index in [-0.39, 0.29) is 12.5 Å². The smallest absolute Gasteiger partial charge is 0.269 e. The Morgan fingerprint density at radius 1 is 0.969 bits per heavy atom. The van der Waals surface area contributed by atoms with Crippen LogP contribution in [0.25, 0.3) is 34.2 Å². The van der Waals surface area contributed by atoms with Crippen molar-refractivity contribution in [3.8, 4) is 22.6 Å². The van der Waals surface area contributed by atoms with Crippen LogP contribution in [0.1, 0.15) is 11.3 Å². The van der Waals surface area contributed by atoms with Crippen molar-refractivity contribution in [3.63, 3.8) is 0 Å². The van der Waals surface area contributed by atoms with E-state index in [4.69, 9.17) is 14.2 Å². The summed E-state index contributed by atoms with van der Waals surface area (Å²) >= 11 is 0. The SMILES string of the molecule is COCOc1ccc(-c2ccc3c(/C=C/c4ccc([N+](=O)[O-])cc4)n[nH]c3c2)cc1OC. The second kappa shape index (κ2) is 9.32. The monoisotopic (exact) mass is 431 g/mol. The third-order valence-corrected chi connectivity index (χ3v) is 4.96. The molecule has 0 spiro atoms. The number of hydrogen-bond donors (Lipinski definition) is 1. The van der Waals surface area contributed by atoms with Gasteiger partial charge < -0.3 is 14.2 Å². The van der Waals surface area contributed by atoms with Gasteiger partial charge in [0.05, 0.1) is 23.2 Å². The third-order valence-electron chi connectivity index (χ3n) is 4.96.